The van der Waals surface area contributed by atoms with Gasteiger partial charge in [-0.15, -0.1) is 0 Å². The van der Waals surface area contributed by atoms with Gasteiger partial charge < -0.3 is 25.4 Å². The van der Waals surface area contributed by atoms with Crippen molar-refractivity contribution in [2.24, 2.45) is 4.99 Å². The molecule has 1 aliphatic rings. The fraction of sp³-hybridized carbons (Fsp3) is 0.409. The third-order valence-corrected chi connectivity index (χ3v) is 4.75. The molecule has 1 amide bonds. The van der Waals surface area contributed by atoms with Gasteiger partial charge in [-0.1, -0.05) is 24.3 Å². The summed E-state index contributed by atoms with van der Waals surface area (Å²) in [6.45, 7) is 4.72. The maximum atomic E-state index is 12.0. The number of aliphatic imine (C=N–C) groups is 1. The predicted octanol–water partition coefficient (Wildman–Crippen LogP) is 2.29. The highest BCUT2D eigenvalue weighted by atomic mass is 16.5. The third kappa shape index (κ3) is 5.93. The van der Waals surface area contributed by atoms with Crippen LogP contribution in [0.25, 0.3) is 0 Å². The number of methoxy groups -OCH3 is 1. The molecule has 2 aromatic rings. The lowest BCUT2D eigenvalue weighted by Crippen LogP contribution is -2.40. The summed E-state index contributed by atoms with van der Waals surface area (Å²) in [6.07, 6.45) is 2.15. The first-order valence-electron chi connectivity index (χ1n) is 10.2. The zero-order chi connectivity index (χ0) is 21.2. The average Bonchev–Trinajstić information content (AvgIpc) is 2.76. The van der Waals surface area contributed by atoms with Gasteiger partial charge in [-0.2, -0.15) is 0 Å². The zero-order valence-electron chi connectivity index (χ0n) is 17.5. The normalized spacial score (nSPS) is 15.9. The van der Waals surface area contributed by atoms with Crippen LogP contribution < -0.4 is 20.7 Å². The molecule has 0 fully saturated rings. The van der Waals surface area contributed by atoms with E-state index in [1.165, 1.54) is 0 Å². The molecule has 30 heavy (non-hydrogen) atoms. The van der Waals surface area contributed by atoms with Crippen LogP contribution in [0.4, 0.5) is 5.69 Å². The molecular weight excluding hydrogens is 382 g/mol. The van der Waals surface area contributed by atoms with Crippen molar-refractivity contribution in [3.8, 4) is 5.88 Å². The molecule has 0 bridgehead atoms. The molecule has 0 radical (unpaired) electrons. The molecule has 1 unspecified atom stereocenters. The fourth-order valence-corrected chi connectivity index (χ4v) is 3.31. The van der Waals surface area contributed by atoms with Gasteiger partial charge in [-0.3, -0.25) is 4.79 Å². The molecule has 2 heterocycles. The number of hydrogen-bond donors (Lipinski definition) is 3. The Morgan fingerprint density at radius 3 is 2.93 bits per heavy atom. The van der Waals surface area contributed by atoms with E-state index in [1.54, 1.807) is 13.3 Å². The number of nitrogens with zero attached hydrogens (tertiary/aromatic N) is 2. The molecule has 3 N–H and O–H groups in total. The first-order valence-corrected chi connectivity index (χ1v) is 10.2. The average molecular weight is 412 g/mol. The Hall–Kier alpha value is -3.13. The number of amides is 1. The third-order valence-electron chi connectivity index (χ3n) is 4.75. The van der Waals surface area contributed by atoms with E-state index >= 15 is 0 Å². The Kier molecular flexibility index (Phi) is 8.02. The standard InChI is InChI=1S/C22H29N5O3/c1-3-23-22(25-14-16-7-6-10-24-21(16)30-12-11-29-2)26-15-17-13-20(28)27-19-9-5-4-8-18(17)19/h4-10,17H,3,11-15H2,1-2H3,(H,27,28)(H2,23,25,26). The fourth-order valence-electron chi connectivity index (χ4n) is 3.31. The van der Waals surface area contributed by atoms with Gasteiger partial charge >= 0.3 is 0 Å². The Morgan fingerprint density at radius 2 is 2.10 bits per heavy atom. The summed E-state index contributed by atoms with van der Waals surface area (Å²) in [4.78, 5) is 21.0. The van der Waals surface area contributed by atoms with Crippen LogP contribution in [0.3, 0.4) is 0 Å². The van der Waals surface area contributed by atoms with Crippen LogP contribution in [0, 0.1) is 0 Å². The van der Waals surface area contributed by atoms with Crippen molar-refractivity contribution in [1.29, 1.82) is 0 Å². The maximum absolute atomic E-state index is 12.0. The van der Waals surface area contributed by atoms with E-state index in [2.05, 4.69) is 32.0 Å². The number of fused-ring (bicyclic) bond motifs is 1. The molecule has 8 heteroatoms. The summed E-state index contributed by atoms with van der Waals surface area (Å²) in [5, 5.41) is 9.56. The van der Waals surface area contributed by atoms with Crippen LogP contribution >= 0.6 is 0 Å². The van der Waals surface area contributed by atoms with E-state index in [9.17, 15) is 4.79 Å². The molecule has 1 atom stereocenters. The highest BCUT2D eigenvalue weighted by Crippen LogP contribution is 2.31. The zero-order valence-corrected chi connectivity index (χ0v) is 17.5. The minimum atomic E-state index is 0.0376. The molecule has 1 aromatic heterocycles. The molecule has 1 aliphatic heterocycles. The number of hydrogen-bond acceptors (Lipinski definition) is 5. The number of para-hydroxylation sites is 1. The lowest BCUT2D eigenvalue weighted by molar-refractivity contribution is -0.116. The molecular formula is C22H29N5O3. The molecule has 1 aromatic carbocycles. The molecule has 0 spiro atoms. The van der Waals surface area contributed by atoms with Gasteiger partial charge in [0.2, 0.25) is 11.8 Å². The Labute approximate surface area is 177 Å². The maximum Gasteiger partial charge on any atom is 0.225 e. The summed E-state index contributed by atoms with van der Waals surface area (Å²) >= 11 is 0. The minimum Gasteiger partial charge on any atom is -0.475 e. The van der Waals surface area contributed by atoms with Crippen molar-refractivity contribution in [1.82, 2.24) is 15.6 Å². The van der Waals surface area contributed by atoms with E-state index in [-0.39, 0.29) is 11.8 Å². The van der Waals surface area contributed by atoms with Crippen molar-refractivity contribution in [3.05, 3.63) is 53.7 Å². The smallest absolute Gasteiger partial charge is 0.225 e. The summed E-state index contributed by atoms with van der Waals surface area (Å²) in [5.41, 5.74) is 2.92. The summed E-state index contributed by atoms with van der Waals surface area (Å²) < 4.78 is 10.7. The predicted molar refractivity (Wildman–Crippen MR) is 117 cm³/mol. The first-order chi connectivity index (χ1) is 14.7. The van der Waals surface area contributed by atoms with E-state index in [0.717, 1.165) is 23.4 Å². The molecule has 0 aliphatic carbocycles. The van der Waals surface area contributed by atoms with E-state index in [1.807, 2.05) is 37.3 Å². The van der Waals surface area contributed by atoms with Crippen molar-refractivity contribution in [2.75, 3.05) is 38.7 Å². The van der Waals surface area contributed by atoms with E-state index in [0.29, 0.717) is 44.6 Å². The highest BCUT2D eigenvalue weighted by molar-refractivity contribution is 5.94. The lowest BCUT2D eigenvalue weighted by Gasteiger charge is -2.26. The SMILES string of the molecule is CCNC(=NCc1cccnc1OCCOC)NCC1CC(=O)Nc2ccccc21. The van der Waals surface area contributed by atoms with Crippen molar-refractivity contribution in [2.45, 2.75) is 25.8 Å². The second-order valence-corrected chi connectivity index (χ2v) is 6.92. The van der Waals surface area contributed by atoms with Gasteiger partial charge in [-0.25, -0.2) is 9.98 Å². The van der Waals surface area contributed by atoms with Crippen molar-refractivity contribution < 1.29 is 14.3 Å². The molecule has 3 rings (SSSR count). The monoisotopic (exact) mass is 411 g/mol. The van der Waals surface area contributed by atoms with Gasteiger partial charge in [0.25, 0.3) is 0 Å². The van der Waals surface area contributed by atoms with Crippen molar-refractivity contribution >= 4 is 17.6 Å². The van der Waals surface area contributed by atoms with Crippen LogP contribution in [0.1, 0.15) is 30.4 Å². The number of aromatic nitrogens is 1. The largest absolute Gasteiger partial charge is 0.475 e. The summed E-state index contributed by atoms with van der Waals surface area (Å²) in [5.74, 6) is 1.38. The quantitative estimate of drug-likeness (QED) is 0.333. The number of nitrogens with one attached hydrogen (secondary N) is 3. The van der Waals surface area contributed by atoms with Gasteiger partial charge in [0.15, 0.2) is 5.96 Å². The highest BCUT2D eigenvalue weighted by Gasteiger charge is 2.24. The number of carbonyl (C=O) groups excluding carboxylic acids is 1. The molecule has 8 nitrogen and oxygen atoms in total. The van der Waals surface area contributed by atoms with Gasteiger partial charge in [0.1, 0.15) is 6.61 Å². The number of benzene rings is 1. The van der Waals surface area contributed by atoms with Crippen molar-refractivity contribution in [3.63, 3.8) is 0 Å². The number of anilines is 1. The molecule has 0 saturated carbocycles. The number of ether oxygens (including phenoxy) is 2. The molecule has 0 saturated heterocycles. The second kappa shape index (κ2) is 11.2. The molecule has 160 valence electrons. The second-order valence-electron chi connectivity index (χ2n) is 6.92. The van der Waals surface area contributed by atoms with Gasteiger partial charge in [0.05, 0.1) is 13.2 Å². The first kappa shape index (κ1) is 21.6. The van der Waals surface area contributed by atoms with Gasteiger partial charge in [0, 0.05) is 50.0 Å². The van der Waals surface area contributed by atoms with Crippen LogP contribution in [0.2, 0.25) is 0 Å². The van der Waals surface area contributed by atoms with Crippen LogP contribution in [0.5, 0.6) is 5.88 Å². The number of guanidine groups is 1. The summed E-state index contributed by atoms with van der Waals surface area (Å²) in [6, 6.07) is 11.7. The lowest BCUT2D eigenvalue weighted by atomic mass is 9.90. The number of carbonyl (C=O) groups is 1. The number of rotatable bonds is 9. The minimum absolute atomic E-state index is 0.0376. The van der Waals surface area contributed by atoms with E-state index in [4.69, 9.17) is 9.47 Å². The topological polar surface area (TPSA) is 96.9 Å². The Balaban J connectivity index is 1.65. The van der Waals surface area contributed by atoms with Crippen LogP contribution in [-0.2, 0) is 16.1 Å². The van der Waals surface area contributed by atoms with Gasteiger partial charge in [-0.05, 0) is 24.6 Å². The number of pyridine rings is 1. The Bertz CT molecular complexity index is 871. The van der Waals surface area contributed by atoms with Crippen LogP contribution in [0.15, 0.2) is 47.6 Å². The Morgan fingerprint density at radius 1 is 1.23 bits per heavy atom. The van der Waals surface area contributed by atoms with E-state index < -0.39 is 0 Å². The van der Waals surface area contributed by atoms with Crippen LogP contribution in [-0.4, -0.2) is 50.3 Å². The summed E-state index contributed by atoms with van der Waals surface area (Å²) in [7, 11) is 1.63.